The van der Waals surface area contributed by atoms with E-state index in [1.807, 2.05) is 28.9 Å². The van der Waals surface area contributed by atoms with E-state index in [0.29, 0.717) is 12.8 Å². The van der Waals surface area contributed by atoms with Crippen LogP contribution in [0.5, 0.6) is 5.75 Å². The third-order valence-corrected chi connectivity index (χ3v) is 5.76. The molecule has 2 aromatic heterocycles. The quantitative estimate of drug-likeness (QED) is 0.413. The summed E-state index contributed by atoms with van der Waals surface area (Å²) in [5, 5.41) is -0.0181. The lowest BCUT2D eigenvalue weighted by atomic mass is 9.87. The molecule has 2 heterocycles. The molecule has 0 unspecified atom stereocenters. The van der Waals surface area contributed by atoms with Gasteiger partial charge >= 0.3 is 12.3 Å². The van der Waals surface area contributed by atoms with Crippen molar-refractivity contribution >= 4 is 23.3 Å². The number of aromatic nitrogens is 2. The number of rotatable bonds is 5. The summed E-state index contributed by atoms with van der Waals surface area (Å²) in [5.41, 5.74) is -0.0588. The first-order valence-corrected chi connectivity index (χ1v) is 11.2. The van der Waals surface area contributed by atoms with Crippen LogP contribution in [0.1, 0.15) is 44.7 Å². The minimum Gasteiger partial charge on any atom is -0.490 e. The van der Waals surface area contributed by atoms with Crippen LogP contribution in [-0.4, -0.2) is 38.1 Å². The van der Waals surface area contributed by atoms with Crippen LogP contribution in [0.2, 0.25) is 5.02 Å². The molecule has 3 aromatic rings. The summed E-state index contributed by atoms with van der Waals surface area (Å²) in [5.74, 6) is -0.272. The van der Waals surface area contributed by atoms with Gasteiger partial charge in [0.1, 0.15) is 23.1 Å². The van der Waals surface area contributed by atoms with Gasteiger partial charge in [0, 0.05) is 48.1 Å². The van der Waals surface area contributed by atoms with Gasteiger partial charge < -0.3 is 18.8 Å². The highest BCUT2D eigenvalue weighted by Crippen LogP contribution is 2.40. The number of nitrogens with zero attached hydrogens (tertiary/aromatic N) is 3. The Kier molecular flexibility index (Phi) is 6.42. The molecule has 34 heavy (non-hydrogen) atoms. The Hall–Kier alpha value is -2.94. The Balaban J connectivity index is 1.51. The number of carbonyl (C=O) groups is 1. The summed E-state index contributed by atoms with van der Waals surface area (Å²) in [6.07, 6.45) is 0.540. The Morgan fingerprint density at radius 1 is 1.21 bits per heavy atom. The molecule has 1 fully saturated rings. The van der Waals surface area contributed by atoms with E-state index in [0.717, 1.165) is 17.3 Å². The topological polar surface area (TPSA) is 56.1 Å². The second-order valence-electron chi connectivity index (χ2n) is 9.30. The molecule has 1 saturated carbocycles. The molecule has 6 nitrogen and oxygen atoms in total. The van der Waals surface area contributed by atoms with Gasteiger partial charge in [-0.1, -0.05) is 17.7 Å². The monoisotopic (exact) mass is 495 g/mol. The molecule has 0 N–H and O–H groups in total. The summed E-state index contributed by atoms with van der Waals surface area (Å²) in [7, 11) is 0. The van der Waals surface area contributed by atoms with Gasteiger partial charge in [-0.2, -0.15) is 13.2 Å². The molecule has 0 atom stereocenters. The molecule has 1 aliphatic rings. The summed E-state index contributed by atoms with van der Waals surface area (Å²) < 4.78 is 53.3. The number of halogens is 4. The summed E-state index contributed by atoms with van der Waals surface area (Å²) in [4.78, 5) is 19.0. The number of benzene rings is 1. The maximum atomic E-state index is 13.4. The number of fused-ring (bicyclic) bond motifs is 1. The highest BCUT2D eigenvalue weighted by atomic mass is 35.5. The van der Waals surface area contributed by atoms with Crippen molar-refractivity contribution in [2.45, 2.75) is 64.1 Å². The van der Waals surface area contributed by atoms with Crippen LogP contribution in [-0.2, 0) is 17.5 Å². The Labute approximate surface area is 200 Å². The molecule has 1 aliphatic carbocycles. The van der Waals surface area contributed by atoms with Crippen molar-refractivity contribution in [1.29, 1.82) is 0 Å². The van der Waals surface area contributed by atoms with Crippen molar-refractivity contribution in [3.8, 4) is 5.75 Å². The number of imidazole rings is 1. The van der Waals surface area contributed by atoms with E-state index in [1.54, 1.807) is 31.9 Å². The average molecular weight is 496 g/mol. The molecule has 10 heteroatoms. The second kappa shape index (κ2) is 9.02. The van der Waals surface area contributed by atoms with Gasteiger partial charge in [0.05, 0.1) is 12.1 Å². The van der Waals surface area contributed by atoms with Gasteiger partial charge in [0.2, 0.25) is 0 Å². The molecule has 0 bridgehead atoms. The Bertz CT molecular complexity index is 1180. The number of pyridine rings is 1. The number of hydrogen-bond donors (Lipinski definition) is 0. The van der Waals surface area contributed by atoms with Crippen LogP contribution in [0.15, 0.2) is 48.9 Å². The number of alkyl halides is 3. The van der Waals surface area contributed by atoms with Crippen molar-refractivity contribution in [2.75, 3.05) is 0 Å². The lowest BCUT2D eigenvalue weighted by Gasteiger charge is -2.43. The van der Waals surface area contributed by atoms with E-state index in [1.165, 1.54) is 12.1 Å². The number of ether oxygens (including phenoxy) is 2. The predicted molar refractivity (Wildman–Crippen MR) is 121 cm³/mol. The van der Waals surface area contributed by atoms with Crippen LogP contribution < -0.4 is 4.74 Å². The fourth-order valence-electron chi connectivity index (χ4n) is 3.87. The Morgan fingerprint density at radius 3 is 2.62 bits per heavy atom. The van der Waals surface area contributed by atoms with E-state index in [9.17, 15) is 18.0 Å². The summed E-state index contributed by atoms with van der Waals surface area (Å²) in [6, 6.07) is 6.94. The number of hydrogen-bond acceptors (Lipinski definition) is 4. The SMILES string of the molecule is CC(C)(C)OC(=O)N(Cc1cccn2ccnc12)[C@H]1C[C@H](Oc2ccc(Cl)cc2C(F)(F)F)C1. The zero-order valence-electron chi connectivity index (χ0n) is 19.0. The van der Waals surface area contributed by atoms with E-state index < -0.39 is 29.5 Å². The van der Waals surface area contributed by atoms with E-state index in [4.69, 9.17) is 21.1 Å². The van der Waals surface area contributed by atoms with Gasteiger partial charge in [0.25, 0.3) is 0 Å². The van der Waals surface area contributed by atoms with E-state index in [2.05, 4.69) is 4.98 Å². The normalized spacial score (nSPS) is 18.4. The minimum atomic E-state index is -4.59. The molecule has 4 rings (SSSR count). The molecule has 0 radical (unpaired) electrons. The van der Waals surface area contributed by atoms with Crippen LogP contribution in [0.25, 0.3) is 5.65 Å². The maximum absolute atomic E-state index is 13.4. The molecule has 0 saturated heterocycles. The van der Waals surface area contributed by atoms with Gasteiger partial charge in [-0.15, -0.1) is 0 Å². The third-order valence-electron chi connectivity index (χ3n) is 5.52. The fourth-order valence-corrected chi connectivity index (χ4v) is 4.05. The minimum absolute atomic E-state index is 0.0181. The maximum Gasteiger partial charge on any atom is 0.420 e. The first-order chi connectivity index (χ1) is 15.9. The molecular formula is C24H25ClF3N3O3. The van der Waals surface area contributed by atoms with Crippen molar-refractivity contribution in [3.63, 3.8) is 0 Å². The predicted octanol–water partition coefficient (Wildman–Crippen LogP) is 6.35. The average Bonchev–Trinajstić information content (AvgIpc) is 3.17. The Morgan fingerprint density at radius 2 is 1.94 bits per heavy atom. The fraction of sp³-hybridized carbons (Fsp3) is 0.417. The molecule has 1 amide bonds. The van der Waals surface area contributed by atoms with Gasteiger partial charge in [-0.3, -0.25) is 0 Å². The number of carbonyl (C=O) groups excluding carboxylic acids is 1. The van der Waals surface area contributed by atoms with Gasteiger partial charge in [0.15, 0.2) is 0 Å². The zero-order chi connectivity index (χ0) is 24.7. The third kappa shape index (κ3) is 5.41. The second-order valence-corrected chi connectivity index (χ2v) is 9.74. The smallest absolute Gasteiger partial charge is 0.420 e. The van der Waals surface area contributed by atoms with Crippen LogP contribution >= 0.6 is 11.6 Å². The zero-order valence-corrected chi connectivity index (χ0v) is 19.7. The lowest BCUT2D eigenvalue weighted by Crippen LogP contribution is -2.52. The van der Waals surface area contributed by atoms with E-state index >= 15 is 0 Å². The van der Waals surface area contributed by atoms with Crippen LogP contribution in [0.4, 0.5) is 18.0 Å². The lowest BCUT2D eigenvalue weighted by molar-refractivity contribution is -0.139. The highest BCUT2D eigenvalue weighted by molar-refractivity contribution is 6.30. The van der Waals surface area contributed by atoms with Crippen LogP contribution in [0, 0.1) is 0 Å². The van der Waals surface area contributed by atoms with Crippen molar-refractivity contribution < 1.29 is 27.4 Å². The molecular weight excluding hydrogens is 471 g/mol. The molecule has 182 valence electrons. The number of amides is 1. The molecule has 1 aromatic carbocycles. The first kappa shape index (κ1) is 24.2. The van der Waals surface area contributed by atoms with Crippen molar-refractivity contribution in [3.05, 3.63) is 65.1 Å². The van der Waals surface area contributed by atoms with Crippen LogP contribution in [0.3, 0.4) is 0 Å². The molecule has 0 aliphatic heterocycles. The van der Waals surface area contributed by atoms with Crippen molar-refractivity contribution in [1.82, 2.24) is 14.3 Å². The highest BCUT2D eigenvalue weighted by Gasteiger charge is 2.41. The summed E-state index contributed by atoms with van der Waals surface area (Å²) in [6.45, 7) is 5.60. The summed E-state index contributed by atoms with van der Waals surface area (Å²) >= 11 is 5.75. The van der Waals surface area contributed by atoms with Gasteiger partial charge in [-0.05, 0) is 45.0 Å². The largest absolute Gasteiger partial charge is 0.490 e. The first-order valence-electron chi connectivity index (χ1n) is 10.8. The van der Waals surface area contributed by atoms with E-state index in [-0.39, 0.29) is 23.4 Å². The van der Waals surface area contributed by atoms with Gasteiger partial charge in [-0.25, -0.2) is 9.78 Å². The van der Waals surface area contributed by atoms with Crippen molar-refractivity contribution in [2.24, 2.45) is 0 Å². The molecule has 0 spiro atoms. The standard InChI is InChI=1S/C24H25ClF3N3O3/c1-23(2,3)34-22(32)31(14-15-5-4-9-30-10-8-29-21(15)30)17-12-18(13-17)33-20-7-6-16(25)11-19(20)24(26,27)28/h4-11,17-18H,12-14H2,1-3H3/t17-,18-.